The van der Waals surface area contributed by atoms with Crippen LogP contribution >= 0.6 is 27.3 Å². The number of thiazole rings is 1. The molecule has 0 fully saturated rings. The smallest absolute Gasteiger partial charge is 0.338 e. The number of ether oxygens (including phenoxy) is 2. The average Bonchev–Trinajstić information content (AvgIpc) is 3.30. The number of hydrogen-bond donors (Lipinski definition) is 0. The van der Waals surface area contributed by atoms with Gasteiger partial charge in [-0.3, -0.25) is 14.2 Å². The monoisotopic (exact) mass is 567 g/mol. The Bertz CT molecular complexity index is 1650. The fraction of sp³-hybridized carbons (Fsp3) is 0.231. The number of esters is 1. The summed E-state index contributed by atoms with van der Waals surface area (Å²) < 4.78 is 13.3. The second kappa shape index (κ2) is 9.18. The van der Waals surface area contributed by atoms with Gasteiger partial charge in [-0.2, -0.15) is 0 Å². The van der Waals surface area contributed by atoms with Gasteiger partial charge >= 0.3 is 5.97 Å². The molecule has 3 heterocycles. The lowest BCUT2D eigenvalue weighted by Crippen LogP contribution is -2.40. The third-order valence-corrected chi connectivity index (χ3v) is 7.78. The molecule has 5 rings (SSSR count). The third kappa shape index (κ3) is 3.72. The van der Waals surface area contributed by atoms with Crippen LogP contribution in [0.4, 0.5) is 5.69 Å². The van der Waals surface area contributed by atoms with Crippen LogP contribution < -0.4 is 24.5 Å². The molecular formula is C26H22BrN3O5S. The zero-order valence-corrected chi connectivity index (χ0v) is 22.4. The van der Waals surface area contributed by atoms with Crippen molar-refractivity contribution in [1.29, 1.82) is 0 Å². The lowest BCUT2D eigenvalue weighted by molar-refractivity contribution is -0.139. The zero-order chi connectivity index (χ0) is 25.7. The third-order valence-electron chi connectivity index (χ3n) is 6.24. The number of anilines is 1. The molecule has 0 radical (unpaired) electrons. The standard InChI is InChI=1S/C26H22BrN3O5S/c1-5-35-25(33)19-13(2)28-26-30(21(19)14-7-6-8-16(11-14)34-4)24(32)22(36-26)20-17-12-15(27)9-10-18(17)29(3)23(20)31/h6-12,21H,5H2,1-4H3/b22-20-/t21-/m0/s1. The lowest BCUT2D eigenvalue weighted by Gasteiger charge is -2.25. The van der Waals surface area contributed by atoms with E-state index in [1.807, 2.05) is 24.3 Å². The summed E-state index contributed by atoms with van der Waals surface area (Å²) in [6.07, 6.45) is 0. The van der Waals surface area contributed by atoms with Gasteiger partial charge in [0.1, 0.15) is 10.3 Å². The summed E-state index contributed by atoms with van der Waals surface area (Å²) >= 11 is 4.61. The summed E-state index contributed by atoms with van der Waals surface area (Å²) in [4.78, 5) is 46.9. The SMILES string of the molecule is CCOC(=O)C1=C(C)N=c2s/c(=C3\C(=O)N(C)c4ccc(Br)cc43)c(=O)n2[C@H]1c1cccc(OC)c1. The topological polar surface area (TPSA) is 90.2 Å². The number of carbonyl (C=O) groups is 2. The molecule has 184 valence electrons. The largest absolute Gasteiger partial charge is 0.497 e. The molecule has 36 heavy (non-hydrogen) atoms. The molecule has 0 saturated heterocycles. The van der Waals surface area contributed by atoms with Crippen molar-refractivity contribution in [1.82, 2.24) is 4.57 Å². The van der Waals surface area contributed by atoms with E-state index in [2.05, 4.69) is 20.9 Å². The molecule has 0 bridgehead atoms. The Morgan fingerprint density at radius 1 is 1.19 bits per heavy atom. The highest BCUT2D eigenvalue weighted by Gasteiger charge is 2.36. The van der Waals surface area contributed by atoms with Crippen molar-refractivity contribution in [2.24, 2.45) is 4.99 Å². The predicted octanol–water partition coefficient (Wildman–Crippen LogP) is 2.92. The van der Waals surface area contributed by atoms with E-state index in [9.17, 15) is 14.4 Å². The van der Waals surface area contributed by atoms with Gasteiger partial charge in [0, 0.05) is 17.1 Å². The van der Waals surface area contributed by atoms with E-state index in [-0.39, 0.29) is 22.6 Å². The number of fused-ring (bicyclic) bond motifs is 2. The van der Waals surface area contributed by atoms with Crippen molar-refractivity contribution < 1.29 is 19.1 Å². The van der Waals surface area contributed by atoms with E-state index in [0.717, 1.165) is 21.5 Å². The van der Waals surface area contributed by atoms with Gasteiger partial charge in [-0.25, -0.2) is 9.79 Å². The quantitative estimate of drug-likeness (QED) is 0.452. The molecule has 2 aliphatic rings. The Morgan fingerprint density at radius 3 is 2.69 bits per heavy atom. The van der Waals surface area contributed by atoms with Gasteiger partial charge in [0.05, 0.1) is 42.3 Å². The number of benzene rings is 2. The van der Waals surface area contributed by atoms with Crippen LogP contribution in [0.25, 0.3) is 5.57 Å². The molecule has 0 unspecified atom stereocenters. The number of amides is 1. The van der Waals surface area contributed by atoms with E-state index in [1.165, 1.54) is 9.47 Å². The van der Waals surface area contributed by atoms with Crippen molar-refractivity contribution >= 4 is 50.4 Å². The predicted molar refractivity (Wildman–Crippen MR) is 140 cm³/mol. The van der Waals surface area contributed by atoms with Gasteiger partial charge in [0.25, 0.3) is 11.5 Å². The van der Waals surface area contributed by atoms with Gasteiger partial charge in [0.15, 0.2) is 4.80 Å². The van der Waals surface area contributed by atoms with Crippen molar-refractivity contribution in [2.45, 2.75) is 19.9 Å². The average molecular weight is 568 g/mol. The molecule has 1 aromatic heterocycles. The van der Waals surface area contributed by atoms with Crippen LogP contribution in [0, 0.1) is 0 Å². The van der Waals surface area contributed by atoms with Crippen LogP contribution in [0.15, 0.2) is 68.0 Å². The molecule has 1 atom stereocenters. The van der Waals surface area contributed by atoms with Crippen LogP contribution in [-0.2, 0) is 14.3 Å². The Kier molecular flexibility index (Phi) is 6.17. The van der Waals surface area contributed by atoms with Crippen LogP contribution in [0.1, 0.15) is 31.0 Å². The summed E-state index contributed by atoms with van der Waals surface area (Å²) in [5, 5.41) is 0. The molecular weight excluding hydrogens is 546 g/mol. The minimum Gasteiger partial charge on any atom is -0.497 e. The van der Waals surface area contributed by atoms with E-state index in [1.54, 1.807) is 46.2 Å². The van der Waals surface area contributed by atoms with Crippen LogP contribution in [-0.4, -0.2) is 37.2 Å². The van der Waals surface area contributed by atoms with Crippen LogP contribution in [0.2, 0.25) is 0 Å². The summed E-state index contributed by atoms with van der Waals surface area (Å²) in [6.45, 7) is 3.63. The molecule has 0 saturated carbocycles. The van der Waals surface area contributed by atoms with Crippen molar-refractivity contribution in [3.05, 3.63) is 89.0 Å². The number of methoxy groups -OCH3 is 1. The number of carbonyl (C=O) groups excluding carboxylic acids is 2. The lowest BCUT2D eigenvalue weighted by atomic mass is 9.95. The van der Waals surface area contributed by atoms with E-state index >= 15 is 0 Å². The maximum Gasteiger partial charge on any atom is 0.338 e. The van der Waals surface area contributed by atoms with Gasteiger partial charge < -0.3 is 14.4 Å². The Hall–Kier alpha value is -3.50. The molecule has 2 aliphatic heterocycles. The minimum absolute atomic E-state index is 0.182. The molecule has 2 aromatic carbocycles. The van der Waals surface area contributed by atoms with Crippen molar-refractivity contribution in [3.8, 4) is 5.75 Å². The molecule has 1 amide bonds. The Labute approximate surface area is 218 Å². The fourth-order valence-electron chi connectivity index (χ4n) is 4.58. The van der Waals surface area contributed by atoms with Crippen molar-refractivity contribution in [2.75, 3.05) is 25.7 Å². The maximum absolute atomic E-state index is 14.0. The number of likely N-dealkylation sites (N-methyl/N-ethyl adjacent to an activating group) is 1. The summed E-state index contributed by atoms with van der Waals surface area (Å²) in [6, 6.07) is 11.9. The fourth-order valence-corrected chi connectivity index (χ4v) is 6.08. The summed E-state index contributed by atoms with van der Waals surface area (Å²) in [7, 11) is 3.23. The van der Waals surface area contributed by atoms with E-state index < -0.39 is 17.6 Å². The second-order valence-corrected chi connectivity index (χ2v) is 10.2. The van der Waals surface area contributed by atoms with Gasteiger partial charge in [-0.05, 0) is 49.7 Å². The molecule has 0 spiro atoms. The van der Waals surface area contributed by atoms with Gasteiger partial charge in [-0.1, -0.05) is 39.4 Å². The van der Waals surface area contributed by atoms with Crippen LogP contribution in [0.5, 0.6) is 5.75 Å². The number of rotatable bonds is 4. The minimum atomic E-state index is -0.791. The van der Waals surface area contributed by atoms with Gasteiger partial charge in [0.2, 0.25) is 0 Å². The number of nitrogens with zero attached hydrogens (tertiary/aromatic N) is 3. The highest BCUT2D eigenvalue weighted by Crippen LogP contribution is 2.36. The Balaban J connectivity index is 1.84. The van der Waals surface area contributed by atoms with Crippen LogP contribution in [0.3, 0.4) is 0 Å². The molecule has 3 aromatic rings. The normalized spacial score (nSPS) is 18.1. The number of allylic oxidation sites excluding steroid dienone is 1. The van der Waals surface area contributed by atoms with Crippen molar-refractivity contribution in [3.63, 3.8) is 0 Å². The first-order valence-electron chi connectivity index (χ1n) is 11.2. The summed E-state index contributed by atoms with van der Waals surface area (Å²) in [5.74, 6) is -0.232. The number of halogens is 1. The first kappa shape index (κ1) is 24.2. The Morgan fingerprint density at radius 2 is 1.97 bits per heavy atom. The first-order valence-corrected chi connectivity index (χ1v) is 12.8. The van der Waals surface area contributed by atoms with E-state index in [0.29, 0.717) is 32.9 Å². The molecule has 0 N–H and O–H groups in total. The highest BCUT2D eigenvalue weighted by molar-refractivity contribution is 9.10. The molecule has 8 nitrogen and oxygen atoms in total. The van der Waals surface area contributed by atoms with Gasteiger partial charge in [-0.15, -0.1) is 0 Å². The van der Waals surface area contributed by atoms with E-state index in [4.69, 9.17) is 9.47 Å². The summed E-state index contributed by atoms with van der Waals surface area (Å²) in [5.41, 5.74) is 2.70. The number of aromatic nitrogens is 1. The number of hydrogen-bond acceptors (Lipinski definition) is 7. The second-order valence-electron chi connectivity index (χ2n) is 8.30. The first-order chi connectivity index (χ1) is 17.3. The highest BCUT2D eigenvalue weighted by atomic mass is 79.9. The zero-order valence-electron chi connectivity index (χ0n) is 20.0. The molecule has 10 heteroatoms. The maximum atomic E-state index is 14.0. The molecule has 0 aliphatic carbocycles.